The Labute approximate surface area is 189 Å². The van der Waals surface area contributed by atoms with Crippen molar-refractivity contribution in [2.75, 3.05) is 0 Å². The summed E-state index contributed by atoms with van der Waals surface area (Å²) in [6.45, 7) is 4.12. The Morgan fingerprint density at radius 2 is 1.73 bits per heavy atom. The highest BCUT2D eigenvalue weighted by atomic mass is 19.1. The molecule has 5 rings (SSSR count). The van der Waals surface area contributed by atoms with Crippen LogP contribution in [0.2, 0.25) is 0 Å². The quantitative estimate of drug-likeness (QED) is 0.629. The Bertz CT molecular complexity index is 1120. The highest BCUT2D eigenvalue weighted by Gasteiger charge is 2.54. The number of carbonyl (C=O) groups is 3. The van der Waals surface area contributed by atoms with Crippen molar-refractivity contribution in [3.05, 3.63) is 59.4 Å². The average molecular weight is 459 g/mol. The van der Waals surface area contributed by atoms with Crippen molar-refractivity contribution in [1.29, 1.82) is 0 Å². The Kier molecular flexibility index (Phi) is 5.80. The standard InChI is InChI=1S/C25H24F3NO4/c1-13(30)33-25(2,3)24(32)29-19-9-16(10-19)23(31)21(29)11-14-5-4-6-20(22(14)28)15-7-17(26)12-18(27)8-15/h4-8,12,16,19,21H,9-11H2,1-3H3. The van der Waals surface area contributed by atoms with Crippen LogP contribution in [-0.4, -0.2) is 40.2 Å². The van der Waals surface area contributed by atoms with E-state index in [0.717, 1.165) is 12.1 Å². The first-order chi connectivity index (χ1) is 15.5. The number of hydrogen-bond donors (Lipinski definition) is 0. The minimum Gasteiger partial charge on any atom is -0.450 e. The van der Waals surface area contributed by atoms with Gasteiger partial charge in [0.15, 0.2) is 11.4 Å². The molecule has 3 fully saturated rings. The fraction of sp³-hybridized carbons (Fsp3) is 0.400. The van der Waals surface area contributed by atoms with Gasteiger partial charge in [-0.3, -0.25) is 14.4 Å². The normalized spacial score (nSPS) is 22.1. The van der Waals surface area contributed by atoms with Gasteiger partial charge >= 0.3 is 5.97 Å². The fourth-order valence-electron chi connectivity index (χ4n) is 4.81. The van der Waals surface area contributed by atoms with E-state index in [1.165, 1.54) is 37.8 Å². The van der Waals surface area contributed by atoms with E-state index >= 15 is 4.39 Å². The van der Waals surface area contributed by atoms with Crippen LogP contribution in [0.25, 0.3) is 11.1 Å². The summed E-state index contributed by atoms with van der Waals surface area (Å²) in [5.74, 6) is -3.86. The number of hydrogen-bond acceptors (Lipinski definition) is 4. The summed E-state index contributed by atoms with van der Waals surface area (Å²) in [5.41, 5.74) is -1.29. The van der Waals surface area contributed by atoms with E-state index in [1.54, 1.807) is 6.07 Å². The van der Waals surface area contributed by atoms with Crippen molar-refractivity contribution in [2.24, 2.45) is 5.92 Å². The fourth-order valence-corrected chi connectivity index (χ4v) is 4.81. The number of esters is 1. The maximum atomic E-state index is 15.4. The van der Waals surface area contributed by atoms with Gasteiger partial charge in [-0.25, -0.2) is 13.2 Å². The number of halogens is 3. The highest BCUT2D eigenvalue weighted by Crippen LogP contribution is 2.43. The van der Waals surface area contributed by atoms with Gasteiger partial charge in [-0.2, -0.15) is 0 Å². The number of ketones is 1. The molecule has 1 amide bonds. The second-order valence-electron chi connectivity index (χ2n) is 9.20. The topological polar surface area (TPSA) is 63.7 Å². The molecule has 2 aromatic rings. The van der Waals surface area contributed by atoms with Crippen LogP contribution in [0.3, 0.4) is 0 Å². The van der Waals surface area contributed by atoms with Crippen molar-refractivity contribution in [2.45, 2.75) is 57.7 Å². The molecule has 8 heteroatoms. The third-order valence-electron chi connectivity index (χ3n) is 6.39. The van der Waals surface area contributed by atoms with Crippen molar-refractivity contribution in [1.82, 2.24) is 4.90 Å². The van der Waals surface area contributed by atoms with Gasteiger partial charge in [0.25, 0.3) is 5.91 Å². The molecule has 5 nitrogen and oxygen atoms in total. The van der Waals surface area contributed by atoms with E-state index in [-0.39, 0.29) is 40.9 Å². The van der Waals surface area contributed by atoms with Crippen LogP contribution < -0.4 is 0 Å². The number of Topliss-reactive ketones (excluding diaryl/α,β-unsaturated/α-hetero) is 1. The molecule has 0 radical (unpaired) electrons. The zero-order valence-corrected chi connectivity index (χ0v) is 18.5. The minimum absolute atomic E-state index is 0.00237. The molecule has 174 valence electrons. The number of amides is 1. The van der Waals surface area contributed by atoms with Crippen LogP contribution in [0.15, 0.2) is 36.4 Å². The number of nitrogens with zero attached hydrogens (tertiary/aromatic N) is 1. The van der Waals surface area contributed by atoms with E-state index < -0.39 is 41.0 Å². The van der Waals surface area contributed by atoms with Gasteiger partial charge in [0.05, 0.1) is 6.04 Å². The SMILES string of the molecule is CC(=O)OC(C)(C)C(=O)N1C2CC(C2)C(=O)C1Cc1cccc(-c2cc(F)cc(F)c2)c1F. The van der Waals surface area contributed by atoms with Crippen LogP contribution in [0.1, 0.15) is 39.2 Å². The van der Waals surface area contributed by atoms with Gasteiger partial charge in [-0.15, -0.1) is 0 Å². The molecule has 1 unspecified atom stereocenters. The molecule has 3 aliphatic rings. The smallest absolute Gasteiger partial charge is 0.303 e. The molecule has 1 saturated carbocycles. The van der Waals surface area contributed by atoms with Gasteiger partial charge < -0.3 is 9.64 Å². The first kappa shape index (κ1) is 23.0. The van der Waals surface area contributed by atoms with E-state index in [0.29, 0.717) is 18.9 Å². The van der Waals surface area contributed by atoms with Crippen molar-refractivity contribution < 1.29 is 32.3 Å². The number of benzene rings is 2. The van der Waals surface area contributed by atoms with Crippen LogP contribution in [-0.2, 0) is 25.5 Å². The van der Waals surface area contributed by atoms with Crippen molar-refractivity contribution in [3.8, 4) is 11.1 Å². The third kappa shape index (κ3) is 4.26. The second kappa shape index (κ2) is 8.32. The number of piperidine rings is 2. The van der Waals surface area contributed by atoms with E-state index in [4.69, 9.17) is 4.74 Å². The molecule has 2 aliphatic heterocycles. The molecule has 2 heterocycles. The molecule has 1 aliphatic carbocycles. The lowest BCUT2D eigenvalue weighted by molar-refractivity contribution is -0.179. The molecule has 33 heavy (non-hydrogen) atoms. The Hall–Kier alpha value is -3.16. The first-order valence-corrected chi connectivity index (χ1v) is 10.8. The lowest BCUT2D eigenvalue weighted by Crippen LogP contribution is -2.67. The molecular weight excluding hydrogens is 435 g/mol. The van der Waals surface area contributed by atoms with Crippen molar-refractivity contribution >= 4 is 17.7 Å². The van der Waals surface area contributed by atoms with E-state index in [9.17, 15) is 23.2 Å². The summed E-state index contributed by atoms with van der Waals surface area (Å²) < 4.78 is 48.0. The summed E-state index contributed by atoms with van der Waals surface area (Å²) in [4.78, 5) is 39.3. The lowest BCUT2D eigenvalue weighted by atomic mass is 9.68. The summed E-state index contributed by atoms with van der Waals surface area (Å²) in [7, 11) is 0. The minimum atomic E-state index is -1.48. The van der Waals surface area contributed by atoms with Crippen molar-refractivity contribution in [3.63, 3.8) is 0 Å². The molecule has 1 atom stereocenters. The number of fused-ring (bicyclic) bond motifs is 2. The first-order valence-electron chi connectivity index (χ1n) is 10.8. The third-order valence-corrected chi connectivity index (χ3v) is 6.39. The molecule has 0 aromatic heterocycles. The van der Waals surface area contributed by atoms with Gasteiger partial charge in [0.1, 0.15) is 17.5 Å². The number of carbonyl (C=O) groups excluding carboxylic acids is 3. The average Bonchev–Trinajstić information content (AvgIpc) is 2.67. The van der Waals surface area contributed by atoms with E-state index in [2.05, 4.69) is 0 Å². The van der Waals surface area contributed by atoms with Crippen LogP contribution >= 0.6 is 0 Å². The zero-order chi connectivity index (χ0) is 24.1. The van der Waals surface area contributed by atoms with Crippen LogP contribution in [0.5, 0.6) is 0 Å². The van der Waals surface area contributed by atoms with E-state index in [1.807, 2.05) is 0 Å². The largest absolute Gasteiger partial charge is 0.450 e. The van der Waals surface area contributed by atoms with Gasteiger partial charge in [0.2, 0.25) is 0 Å². The Balaban J connectivity index is 1.67. The molecule has 2 saturated heterocycles. The monoisotopic (exact) mass is 459 g/mol. The zero-order valence-electron chi connectivity index (χ0n) is 18.5. The Morgan fingerprint density at radius 1 is 1.09 bits per heavy atom. The molecule has 2 bridgehead atoms. The highest BCUT2D eigenvalue weighted by molar-refractivity contribution is 5.97. The maximum absolute atomic E-state index is 15.4. The van der Waals surface area contributed by atoms with Crippen LogP contribution in [0.4, 0.5) is 13.2 Å². The van der Waals surface area contributed by atoms with Gasteiger partial charge in [-0.05, 0) is 49.9 Å². The predicted molar refractivity (Wildman–Crippen MR) is 113 cm³/mol. The summed E-state index contributed by atoms with van der Waals surface area (Å²) in [5, 5.41) is 0. The Morgan fingerprint density at radius 3 is 2.33 bits per heavy atom. The summed E-state index contributed by atoms with van der Waals surface area (Å²) in [6.07, 6.45) is 0.968. The number of rotatable bonds is 5. The molecular formula is C25H24F3NO4. The summed E-state index contributed by atoms with van der Waals surface area (Å²) in [6, 6.07) is 6.09. The number of ether oxygens (including phenoxy) is 1. The molecule has 0 spiro atoms. The lowest BCUT2D eigenvalue weighted by Gasteiger charge is -2.53. The van der Waals surface area contributed by atoms with Crippen LogP contribution in [0, 0.1) is 23.4 Å². The summed E-state index contributed by atoms with van der Waals surface area (Å²) >= 11 is 0. The molecule has 2 aromatic carbocycles. The van der Waals surface area contributed by atoms with Gasteiger partial charge in [0, 0.05) is 36.9 Å². The predicted octanol–water partition coefficient (Wildman–Crippen LogP) is 4.21. The maximum Gasteiger partial charge on any atom is 0.303 e. The van der Waals surface area contributed by atoms with Gasteiger partial charge in [-0.1, -0.05) is 18.2 Å². The second-order valence-corrected chi connectivity index (χ2v) is 9.20. The molecule has 0 N–H and O–H groups in total.